The smallest absolute Gasteiger partial charge is 0.330 e. The van der Waals surface area contributed by atoms with Crippen molar-refractivity contribution in [1.29, 1.82) is 0 Å². The van der Waals surface area contributed by atoms with Gasteiger partial charge in [-0.2, -0.15) is 0 Å². The van der Waals surface area contributed by atoms with Gasteiger partial charge in [-0.15, -0.1) is 0 Å². The average molecular weight is 403 g/mol. The third-order valence-corrected chi connectivity index (χ3v) is 4.94. The van der Waals surface area contributed by atoms with E-state index in [-0.39, 0.29) is 12.1 Å². The molecule has 0 aromatic heterocycles. The van der Waals surface area contributed by atoms with Crippen LogP contribution in [0, 0.1) is 0 Å². The van der Waals surface area contributed by atoms with Crippen LogP contribution >= 0.6 is 15.9 Å². The Morgan fingerprint density at radius 1 is 0.917 bits per heavy atom. The maximum atomic E-state index is 11.8. The summed E-state index contributed by atoms with van der Waals surface area (Å²) >= 11 is 3.46. The van der Waals surface area contributed by atoms with Crippen molar-refractivity contribution in [3.05, 3.63) is 12.2 Å². The number of unbranched alkanes of at least 4 members (excludes halogenated alkanes) is 10. The van der Waals surface area contributed by atoms with Gasteiger partial charge in [0.25, 0.3) is 0 Å². The monoisotopic (exact) mass is 402 g/mol. The summed E-state index contributed by atoms with van der Waals surface area (Å²) in [7, 11) is 0. The first-order chi connectivity index (χ1) is 11.7. The van der Waals surface area contributed by atoms with Gasteiger partial charge in [0.2, 0.25) is 0 Å². The largest absolute Gasteiger partial charge is 0.459 e. The third-order valence-electron chi connectivity index (χ3n) is 4.38. The Balaban J connectivity index is 3.64. The summed E-state index contributed by atoms with van der Waals surface area (Å²) in [5.41, 5.74) is 0. The Hall–Kier alpha value is -0.310. The summed E-state index contributed by atoms with van der Waals surface area (Å²) in [5.74, 6) is -0.160. The summed E-state index contributed by atoms with van der Waals surface area (Å²) in [6.07, 6.45) is 20.6. The number of esters is 1. The van der Waals surface area contributed by atoms with Crippen molar-refractivity contribution in [2.24, 2.45) is 0 Å². The summed E-state index contributed by atoms with van der Waals surface area (Å²) in [5, 5.41) is 1.10. The number of hydrogen-bond acceptors (Lipinski definition) is 2. The molecule has 0 aromatic carbocycles. The highest BCUT2D eigenvalue weighted by molar-refractivity contribution is 9.09. The molecule has 0 aliphatic heterocycles. The first-order valence-electron chi connectivity index (χ1n) is 10.2. The predicted molar refractivity (Wildman–Crippen MR) is 109 cm³/mol. The molecule has 0 heterocycles. The van der Waals surface area contributed by atoms with Crippen LogP contribution in [0.3, 0.4) is 0 Å². The zero-order chi connectivity index (χ0) is 17.9. The molecule has 0 aliphatic rings. The number of carbonyl (C=O) groups excluding carboxylic acids is 1. The molecule has 0 aliphatic carbocycles. The van der Waals surface area contributed by atoms with E-state index in [1.54, 1.807) is 6.08 Å². The number of allylic oxidation sites excluding steroid dienone is 1. The molecule has 2 nitrogen and oxygen atoms in total. The van der Waals surface area contributed by atoms with Crippen LogP contribution in [0.4, 0.5) is 0 Å². The molecule has 0 spiro atoms. The third kappa shape index (κ3) is 16.5. The van der Waals surface area contributed by atoms with Gasteiger partial charge in [0.1, 0.15) is 6.10 Å². The molecule has 3 heteroatoms. The molecule has 0 aromatic rings. The Kier molecular flexibility index (Phi) is 18.8. The van der Waals surface area contributed by atoms with Crippen LogP contribution in [0.5, 0.6) is 0 Å². The fraction of sp³-hybridized carbons (Fsp3) is 0.857. The Morgan fingerprint density at radius 3 is 2.21 bits per heavy atom. The van der Waals surface area contributed by atoms with E-state index < -0.39 is 0 Å². The molecular formula is C21H39BrO2. The van der Waals surface area contributed by atoms with Crippen molar-refractivity contribution in [3.8, 4) is 0 Å². The van der Waals surface area contributed by atoms with E-state index in [9.17, 15) is 4.79 Å². The van der Waals surface area contributed by atoms with Gasteiger partial charge in [-0.3, -0.25) is 0 Å². The highest BCUT2D eigenvalue weighted by Crippen LogP contribution is 2.13. The lowest BCUT2D eigenvalue weighted by Gasteiger charge is -2.14. The van der Waals surface area contributed by atoms with Gasteiger partial charge in [-0.25, -0.2) is 4.79 Å². The van der Waals surface area contributed by atoms with E-state index in [0.717, 1.165) is 31.0 Å². The van der Waals surface area contributed by atoms with Crippen molar-refractivity contribution < 1.29 is 9.53 Å². The molecule has 1 unspecified atom stereocenters. The second kappa shape index (κ2) is 19.0. The van der Waals surface area contributed by atoms with Gasteiger partial charge in [-0.1, -0.05) is 87.2 Å². The van der Waals surface area contributed by atoms with Gasteiger partial charge in [0.05, 0.1) is 0 Å². The second-order valence-electron chi connectivity index (χ2n) is 6.67. The lowest BCUT2D eigenvalue weighted by Crippen LogP contribution is -2.15. The molecule has 0 bridgehead atoms. The molecule has 0 fully saturated rings. The van der Waals surface area contributed by atoms with Gasteiger partial charge in [-0.05, 0) is 38.5 Å². The maximum Gasteiger partial charge on any atom is 0.330 e. The van der Waals surface area contributed by atoms with E-state index >= 15 is 0 Å². The molecular weight excluding hydrogens is 364 g/mol. The fourth-order valence-electron chi connectivity index (χ4n) is 2.77. The summed E-state index contributed by atoms with van der Waals surface area (Å²) < 4.78 is 5.55. The average Bonchev–Trinajstić information content (AvgIpc) is 2.59. The predicted octanol–water partition coefficient (Wildman–Crippen LogP) is 7.35. The molecule has 0 radical (unpaired) electrons. The second-order valence-corrected chi connectivity index (χ2v) is 7.46. The van der Waals surface area contributed by atoms with Crippen molar-refractivity contribution in [2.45, 2.75) is 110 Å². The van der Waals surface area contributed by atoms with Crippen molar-refractivity contribution >= 4 is 21.9 Å². The summed E-state index contributed by atoms with van der Waals surface area (Å²) in [6.45, 7) is 4.34. The Morgan fingerprint density at radius 2 is 1.54 bits per heavy atom. The van der Waals surface area contributed by atoms with Crippen LogP contribution in [0.1, 0.15) is 104 Å². The van der Waals surface area contributed by atoms with Crippen LogP contribution in [-0.4, -0.2) is 17.4 Å². The minimum atomic E-state index is -0.160. The fourth-order valence-corrected chi connectivity index (χ4v) is 3.17. The molecule has 0 N–H and O–H groups in total. The Labute approximate surface area is 158 Å². The maximum absolute atomic E-state index is 11.8. The molecule has 0 saturated heterocycles. The van der Waals surface area contributed by atoms with Gasteiger partial charge in [0.15, 0.2) is 0 Å². The topological polar surface area (TPSA) is 26.3 Å². The van der Waals surface area contributed by atoms with Gasteiger partial charge in [0, 0.05) is 11.4 Å². The van der Waals surface area contributed by atoms with Crippen molar-refractivity contribution in [3.63, 3.8) is 0 Å². The van der Waals surface area contributed by atoms with Crippen molar-refractivity contribution in [1.82, 2.24) is 0 Å². The molecule has 0 amide bonds. The standard InChI is InChI=1S/C21H39BrO2/c1-3-5-6-7-8-9-12-15-18-21(23)24-20(4-2)17-14-11-10-13-16-19-22/h15,18,20H,3-14,16-17,19H2,1-2H3/b18-15+. The lowest BCUT2D eigenvalue weighted by molar-refractivity contribution is -0.143. The SMILES string of the molecule is CCCCCCCC/C=C/C(=O)OC(CC)CCCCCCCBr. The molecule has 24 heavy (non-hydrogen) atoms. The highest BCUT2D eigenvalue weighted by Gasteiger charge is 2.09. The van der Waals surface area contributed by atoms with E-state index in [1.807, 2.05) is 6.08 Å². The lowest BCUT2D eigenvalue weighted by atomic mass is 10.1. The molecule has 0 saturated carbocycles. The van der Waals surface area contributed by atoms with Crippen LogP contribution in [-0.2, 0) is 9.53 Å². The minimum absolute atomic E-state index is 0.0902. The van der Waals surface area contributed by atoms with Crippen molar-refractivity contribution in [2.75, 3.05) is 5.33 Å². The van der Waals surface area contributed by atoms with E-state index in [4.69, 9.17) is 4.74 Å². The minimum Gasteiger partial charge on any atom is -0.459 e. The first-order valence-corrected chi connectivity index (χ1v) is 11.3. The number of alkyl halides is 1. The normalized spacial score (nSPS) is 12.6. The summed E-state index contributed by atoms with van der Waals surface area (Å²) in [4.78, 5) is 11.8. The summed E-state index contributed by atoms with van der Waals surface area (Å²) in [6, 6.07) is 0. The number of rotatable bonds is 17. The van der Waals surface area contributed by atoms with Gasteiger partial charge >= 0.3 is 5.97 Å². The number of hydrogen-bond donors (Lipinski definition) is 0. The number of carbonyl (C=O) groups is 1. The van der Waals surface area contributed by atoms with Gasteiger partial charge < -0.3 is 4.74 Å². The Bertz CT molecular complexity index is 302. The van der Waals surface area contributed by atoms with Crippen LogP contribution in [0.25, 0.3) is 0 Å². The molecule has 1 atom stereocenters. The van der Waals surface area contributed by atoms with E-state index in [2.05, 4.69) is 29.8 Å². The quantitative estimate of drug-likeness (QED) is 0.110. The first kappa shape index (κ1) is 23.7. The zero-order valence-electron chi connectivity index (χ0n) is 16.0. The number of halogens is 1. The van der Waals surface area contributed by atoms with Crippen LogP contribution in [0.2, 0.25) is 0 Å². The highest BCUT2D eigenvalue weighted by atomic mass is 79.9. The van der Waals surface area contributed by atoms with Crippen LogP contribution in [0.15, 0.2) is 12.2 Å². The van der Waals surface area contributed by atoms with E-state index in [0.29, 0.717) is 0 Å². The van der Waals surface area contributed by atoms with Crippen LogP contribution < -0.4 is 0 Å². The molecule has 142 valence electrons. The zero-order valence-corrected chi connectivity index (χ0v) is 17.6. The van der Waals surface area contributed by atoms with E-state index in [1.165, 1.54) is 64.2 Å². The molecule has 0 rings (SSSR count). The number of ether oxygens (including phenoxy) is 1.